The average molecular weight is 432 g/mol. The molecule has 33 heavy (non-hydrogen) atoms. The minimum Gasteiger partial charge on any atom is -0.506 e. The lowest BCUT2D eigenvalue weighted by atomic mass is 10.1. The van der Waals surface area contributed by atoms with Crippen molar-refractivity contribution >= 4 is 32.7 Å². The van der Waals surface area contributed by atoms with Crippen LogP contribution in [0, 0.1) is 13.8 Å². The van der Waals surface area contributed by atoms with Crippen LogP contribution in [0.1, 0.15) is 11.1 Å². The van der Waals surface area contributed by atoms with Crippen LogP contribution < -0.4 is 4.74 Å². The molecule has 0 atom stereocenters. The molecule has 0 amide bonds. The lowest BCUT2D eigenvalue weighted by Crippen LogP contribution is -1.97. The maximum Gasteiger partial charge on any atom is 0.220 e. The molecule has 0 aliphatic rings. The standard InChI is InChI=1S/C27H20N4O2/c1-16-11-21-17(2)13-26(30-27(21)24(32)12-16)33-18-7-8-20-19-5-3-4-6-22(19)31(23(20)14-18)25-15-28-9-10-29-25/h3-15,32H,1-2H3. The van der Waals surface area contributed by atoms with Crippen molar-refractivity contribution in [3.8, 4) is 23.2 Å². The number of para-hydroxylation sites is 1. The van der Waals surface area contributed by atoms with Crippen molar-refractivity contribution in [1.29, 1.82) is 0 Å². The number of aromatic nitrogens is 4. The summed E-state index contributed by atoms with van der Waals surface area (Å²) in [5.41, 5.74) is 4.52. The highest BCUT2D eigenvalue weighted by Crippen LogP contribution is 2.35. The lowest BCUT2D eigenvalue weighted by molar-refractivity contribution is 0.459. The molecule has 3 aromatic heterocycles. The van der Waals surface area contributed by atoms with Crippen LogP contribution in [0.25, 0.3) is 38.5 Å². The van der Waals surface area contributed by atoms with E-state index in [0.29, 0.717) is 17.1 Å². The molecule has 0 fully saturated rings. The molecule has 6 heteroatoms. The van der Waals surface area contributed by atoms with Gasteiger partial charge in [-0.05, 0) is 55.3 Å². The zero-order chi connectivity index (χ0) is 22.5. The largest absolute Gasteiger partial charge is 0.506 e. The first-order valence-electron chi connectivity index (χ1n) is 10.7. The fourth-order valence-electron chi connectivity index (χ4n) is 4.42. The Morgan fingerprint density at radius 3 is 2.55 bits per heavy atom. The second-order valence-electron chi connectivity index (χ2n) is 8.15. The number of aryl methyl sites for hydroxylation is 2. The molecule has 0 saturated heterocycles. The number of rotatable bonds is 3. The Balaban J connectivity index is 1.51. The molecule has 0 bridgehead atoms. The summed E-state index contributed by atoms with van der Waals surface area (Å²) in [4.78, 5) is 13.3. The monoisotopic (exact) mass is 432 g/mol. The minimum atomic E-state index is 0.150. The van der Waals surface area contributed by atoms with Crippen LogP contribution >= 0.6 is 0 Å². The molecule has 3 aromatic carbocycles. The number of nitrogens with zero attached hydrogens (tertiary/aromatic N) is 4. The van der Waals surface area contributed by atoms with Crippen molar-refractivity contribution in [1.82, 2.24) is 19.5 Å². The summed E-state index contributed by atoms with van der Waals surface area (Å²) in [7, 11) is 0. The molecule has 160 valence electrons. The fraction of sp³-hybridized carbons (Fsp3) is 0.0741. The molecule has 0 saturated carbocycles. The topological polar surface area (TPSA) is 73.1 Å². The van der Waals surface area contributed by atoms with E-state index in [1.54, 1.807) is 24.7 Å². The molecular formula is C27H20N4O2. The predicted octanol–water partition coefficient (Wildman–Crippen LogP) is 6.24. The van der Waals surface area contributed by atoms with Gasteiger partial charge in [0.1, 0.15) is 17.0 Å². The molecule has 0 aliphatic carbocycles. The summed E-state index contributed by atoms with van der Waals surface area (Å²) in [5, 5.41) is 13.6. The summed E-state index contributed by atoms with van der Waals surface area (Å²) in [6.07, 6.45) is 5.10. The van der Waals surface area contributed by atoms with Crippen molar-refractivity contribution < 1.29 is 9.84 Å². The molecule has 0 unspecified atom stereocenters. The Bertz CT molecular complexity index is 1670. The number of pyridine rings is 1. The van der Waals surface area contributed by atoms with Crippen molar-refractivity contribution in [3.63, 3.8) is 0 Å². The lowest BCUT2D eigenvalue weighted by Gasteiger charge is -2.11. The van der Waals surface area contributed by atoms with E-state index in [9.17, 15) is 5.11 Å². The molecule has 6 rings (SSSR count). The van der Waals surface area contributed by atoms with E-state index in [2.05, 4.69) is 37.7 Å². The van der Waals surface area contributed by atoms with Crippen molar-refractivity contribution in [2.45, 2.75) is 13.8 Å². The van der Waals surface area contributed by atoms with Crippen LogP contribution in [0.3, 0.4) is 0 Å². The first kappa shape index (κ1) is 19.3. The first-order chi connectivity index (χ1) is 16.1. The van der Waals surface area contributed by atoms with Gasteiger partial charge in [0, 0.05) is 40.7 Å². The number of ether oxygens (including phenoxy) is 1. The van der Waals surface area contributed by atoms with E-state index >= 15 is 0 Å². The highest BCUT2D eigenvalue weighted by Gasteiger charge is 2.15. The summed E-state index contributed by atoms with van der Waals surface area (Å²) in [6, 6.07) is 19.8. The highest BCUT2D eigenvalue weighted by atomic mass is 16.5. The Hall–Kier alpha value is -4.45. The van der Waals surface area contributed by atoms with E-state index in [1.165, 1.54) is 0 Å². The van der Waals surface area contributed by atoms with Crippen LogP contribution in [0.4, 0.5) is 0 Å². The third-order valence-corrected chi connectivity index (χ3v) is 5.87. The van der Waals surface area contributed by atoms with Gasteiger partial charge in [0.05, 0.1) is 17.2 Å². The van der Waals surface area contributed by atoms with Crippen LogP contribution in [0.2, 0.25) is 0 Å². The molecule has 6 aromatic rings. The molecule has 1 N–H and O–H groups in total. The number of benzene rings is 3. The zero-order valence-electron chi connectivity index (χ0n) is 18.1. The Kier molecular flexibility index (Phi) is 4.26. The van der Waals surface area contributed by atoms with E-state index in [4.69, 9.17) is 4.74 Å². The van der Waals surface area contributed by atoms with E-state index in [0.717, 1.165) is 44.1 Å². The summed E-state index contributed by atoms with van der Waals surface area (Å²) in [6.45, 7) is 3.94. The summed E-state index contributed by atoms with van der Waals surface area (Å²) >= 11 is 0. The summed E-state index contributed by atoms with van der Waals surface area (Å²) < 4.78 is 8.26. The maximum absolute atomic E-state index is 10.4. The van der Waals surface area contributed by atoms with Gasteiger partial charge < -0.3 is 9.84 Å². The van der Waals surface area contributed by atoms with Crippen LogP contribution in [0.5, 0.6) is 17.4 Å². The second kappa shape index (κ2) is 7.31. The Morgan fingerprint density at radius 2 is 1.70 bits per heavy atom. The van der Waals surface area contributed by atoms with Gasteiger partial charge in [-0.25, -0.2) is 9.97 Å². The van der Waals surface area contributed by atoms with Gasteiger partial charge in [-0.15, -0.1) is 0 Å². The van der Waals surface area contributed by atoms with Crippen molar-refractivity contribution in [2.24, 2.45) is 0 Å². The minimum absolute atomic E-state index is 0.150. The molecule has 0 radical (unpaired) electrons. The van der Waals surface area contributed by atoms with Gasteiger partial charge in [-0.3, -0.25) is 9.55 Å². The summed E-state index contributed by atoms with van der Waals surface area (Å²) in [5.74, 6) is 1.96. The van der Waals surface area contributed by atoms with Gasteiger partial charge >= 0.3 is 0 Å². The molecule has 0 aliphatic heterocycles. The van der Waals surface area contributed by atoms with Crippen molar-refractivity contribution in [3.05, 3.63) is 90.4 Å². The number of phenols is 1. The van der Waals surface area contributed by atoms with E-state index < -0.39 is 0 Å². The number of hydrogen-bond donors (Lipinski definition) is 1. The molecule has 0 spiro atoms. The number of phenolic OH excluding ortho intramolecular Hbond substituents is 1. The molecular weight excluding hydrogens is 412 g/mol. The van der Waals surface area contributed by atoms with Gasteiger partial charge in [0.15, 0.2) is 5.82 Å². The maximum atomic E-state index is 10.4. The van der Waals surface area contributed by atoms with Gasteiger partial charge in [0.2, 0.25) is 5.88 Å². The van der Waals surface area contributed by atoms with E-state index in [1.807, 2.05) is 50.2 Å². The SMILES string of the molecule is Cc1cc(O)c2nc(Oc3ccc4c5ccccc5n(-c5cnccn5)c4c3)cc(C)c2c1. The molecule has 3 heterocycles. The van der Waals surface area contributed by atoms with Gasteiger partial charge in [-0.1, -0.05) is 18.2 Å². The molecule has 6 nitrogen and oxygen atoms in total. The fourth-order valence-corrected chi connectivity index (χ4v) is 4.42. The van der Waals surface area contributed by atoms with Crippen LogP contribution in [-0.2, 0) is 0 Å². The second-order valence-corrected chi connectivity index (χ2v) is 8.15. The van der Waals surface area contributed by atoms with Gasteiger partial charge in [-0.2, -0.15) is 0 Å². The average Bonchev–Trinajstić information content (AvgIpc) is 3.14. The van der Waals surface area contributed by atoms with E-state index in [-0.39, 0.29) is 5.75 Å². The third-order valence-electron chi connectivity index (χ3n) is 5.87. The van der Waals surface area contributed by atoms with Gasteiger partial charge in [0.25, 0.3) is 0 Å². The Morgan fingerprint density at radius 1 is 0.848 bits per heavy atom. The predicted molar refractivity (Wildman–Crippen MR) is 129 cm³/mol. The number of fused-ring (bicyclic) bond motifs is 4. The van der Waals surface area contributed by atoms with Crippen molar-refractivity contribution in [2.75, 3.05) is 0 Å². The first-order valence-corrected chi connectivity index (χ1v) is 10.7. The Labute approximate surface area is 189 Å². The normalized spacial score (nSPS) is 11.5. The zero-order valence-corrected chi connectivity index (χ0v) is 18.1. The third kappa shape index (κ3) is 3.15. The van der Waals surface area contributed by atoms with Crippen LogP contribution in [-0.4, -0.2) is 24.6 Å². The quantitative estimate of drug-likeness (QED) is 0.358. The highest BCUT2D eigenvalue weighted by molar-refractivity contribution is 6.09. The number of aromatic hydroxyl groups is 1. The number of hydrogen-bond acceptors (Lipinski definition) is 5. The van der Waals surface area contributed by atoms with Crippen LogP contribution in [0.15, 0.2) is 79.3 Å². The smallest absolute Gasteiger partial charge is 0.220 e.